The third-order valence-electron chi connectivity index (χ3n) is 5.13. The van der Waals surface area contributed by atoms with E-state index in [9.17, 15) is 14.7 Å². The molecule has 2 N–H and O–H groups in total. The molecule has 0 saturated carbocycles. The number of benzene rings is 2. The summed E-state index contributed by atoms with van der Waals surface area (Å²) in [6, 6.07) is 14.1. The van der Waals surface area contributed by atoms with Crippen LogP contribution in [0.1, 0.15) is 11.1 Å². The third-order valence-corrected chi connectivity index (χ3v) is 5.13. The van der Waals surface area contributed by atoms with Crippen molar-refractivity contribution in [3.63, 3.8) is 0 Å². The second-order valence-corrected chi connectivity index (χ2v) is 7.19. The summed E-state index contributed by atoms with van der Waals surface area (Å²) in [6.07, 6.45) is 1.52. The highest BCUT2D eigenvalue weighted by Gasteiger charge is 2.18. The van der Waals surface area contributed by atoms with E-state index in [1.54, 1.807) is 30.8 Å². The highest BCUT2D eigenvalue weighted by molar-refractivity contribution is 5.81. The lowest BCUT2D eigenvalue weighted by molar-refractivity contribution is 0.373. The molecule has 2 aromatic heterocycles. The molecule has 0 aliphatic heterocycles. The molecule has 0 atom stereocenters. The van der Waals surface area contributed by atoms with Gasteiger partial charge >= 0.3 is 5.69 Å². The van der Waals surface area contributed by atoms with Crippen LogP contribution in [0.15, 0.2) is 63.2 Å². The average molecular weight is 434 g/mol. The van der Waals surface area contributed by atoms with Crippen LogP contribution in [0, 0.1) is 0 Å². The molecule has 10 nitrogen and oxygen atoms in total. The zero-order valence-electron chi connectivity index (χ0n) is 17.8. The van der Waals surface area contributed by atoms with E-state index in [0.717, 1.165) is 5.56 Å². The van der Waals surface area contributed by atoms with Crippen molar-refractivity contribution >= 4 is 23.3 Å². The lowest BCUT2D eigenvalue weighted by Crippen LogP contribution is -2.39. The first-order valence-electron chi connectivity index (χ1n) is 9.77. The minimum Gasteiger partial charge on any atom is -0.504 e. The summed E-state index contributed by atoms with van der Waals surface area (Å²) in [5.74, 6) is 0.651. The van der Waals surface area contributed by atoms with Gasteiger partial charge in [-0.15, -0.1) is 0 Å². The number of aromatic nitrogens is 4. The number of hydrogen-bond donors (Lipinski definition) is 2. The second kappa shape index (κ2) is 8.42. The monoisotopic (exact) mass is 434 g/mol. The highest BCUT2D eigenvalue weighted by Crippen LogP contribution is 2.25. The Balaban J connectivity index is 1.69. The van der Waals surface area contributed by atoms with E-state index in [2.05, 4.69) is 15.5 Å². The van der Waals surface area contributed by atoms with Crippen LogP contribution in [0.4, 0.5) is 5.95 Å². The molecule has 4 rings (SSSR count). The summed E-state index contributed by atoms with van der Waals surface area (Å²) < 4.78 is 9.18. The quantitative estimate of drug-likeness (QED) is 0.352. The number of aryl methyl sites for hydroxylation is 2. The van der Waals surface area contributed by atoms with Gasteiger partial charge in [0.05, 0.1) is 19.9 Å². The third kappa shape index (κ3) is 3.73. The van der Waals surface area contributed by atoms with Gasteiger partial charge in [0.2, 0.25) is 5.95 Å². The number of rotatable bonds is 6. The molecular formula is C22H22N6O4. The molecule has 32 heavy (non-hydrogen) atoms. The number of phenolic OH excluding ortho intramolecular Hbond substituents is 1. The van der Waals surface area contributed by atoms with Crippen LogP contribution in [0.2, 0.25) is 0 Å². The minimum absolute atomic E-state index is 0.0284. The van der Waals surface area contributed by atoms with Crippen molar-refractivity contribution in [3.8, 4) is 11.5 Å². The molecule has 0 radical (unpaired) electrons. The Morgan fingerprint density at radius 1 is 1.12 bits per heavy atom. The number of ether oxygens (including phenoxy) is 1. The Morgan fingerprint density at radius 2 is 1.88 bits per heavy atom. The fourth-order valence-corrected chi connectivity index (χ4v) is 3.39. The van der Waals surface area contributed by atoms with E-state index in [0.29, 0.717) is 17.3 Å². The number of imidazole rings is 1. The number of aromatic hydroxyl groups is 1. The van der Waals surface area contributed by atoms with E-state index in [1.807, 2.05) is 30.3 Å². The van der Waals surface area contributed by atoms with Crippen LogP contribution in [-0.2, 0) is 20.6 Å². The zero-order chi connectivity index (χ0) is 22.8. The number of fused-ring (bicyclic) bond motifs is 1. The Kier molecular flexibility index (Phi) is 5.50. The van der Waals surface area contributed by atoms with Crippen LogP contribution in [0.5, 0.6) is 11.5 Å². The molecule has 0 fully saturated rings. The number of hydrazone groups is 1. The molecule has 164 valence electrons. The maximum absolute atomic E-state index is 13.1. The normalized spacial score (nSPS) is 11.3. The van der Waals surface area contributed by atoms with Gasteiger partial charge in [-0.25, -0.2) is 10.2 Å². The van der Waals surface area contributed by atoms with Crippen LogP contribution < -0.4 is 21.4 Å². The molecule has 10 heteroatoms. The largest absolute Gasteiger partial charge is 0.504 e. The van der Waals surface area contributed by atoms with Crippen LogP contribution in [-0.4, -0.2) is 37.1 Å². The molecule has 0 aliphatic carbocycles. The fraction of sp³-hybridized carbons (Fsp3) is 0.182. The predicted molar refractivity (Wildman–Crippen MR) is 122 cm³/mol. The van der Waals surface area contributed by atoms with Gasteiger partial charge in [0.15, 0.2) is 22.7 Å². The van der Waals surface area contributed by atoms with E-state index < -0.39 is 11.2 Å². The summed E-state index contributed by atoms with van der Waals surface area (Å²) in [7, 11) is 4.71. The number of anilines is 1. The molecule has 0 bridgehead atoms. The van der Waals surface area contributed by atoms with Gasteiger partial charge in [0.1, 0.15) is 0 Å². The fourth-order valence-electron chi connectivity index (χ4n) is 3.39. The molecule has 0 spiro atoms. The molecular weight excluding hydrogens is 412 g/mol. The summed E-state index contributed by atoms with van der Waals surface area (Å²) >= 11 is 0. The minimum atomic E-state index is -0.448. The predicted octanol–water partition coefficient (Wildman–Crippen LogP) is 1.64. The smallest absolute Gasteiger partial charge is 0.332 e. The van der Waals surface area contributed by atoms with Crippen LogP contribution in [0.25, 0.3) is 11.2 Å². The summed E-state index contributed by atoms with van der Waals surface area (Å²) in [4.78, 5) is 30.3. The Morgan fingerprint density at radius 3 is 2.59 bits per heavy atom. The molecule has 0 unspecified atom stereocenters. The van der Waals surface area contributed by atoms with E-state index in [1.165, 1.54) is 28.5 Å². The van der Waals surface area contributed by atoms with Gasteiger partial charge in [-0.05, 0) is 29.3 Å². The number of hydrogen-bond acceptors (Lipinski definition) is 7. The van der Waals surface area contributed by atoms with Crippen molar-refractivity contribution in [1.82, 2.24) is 18.7 Å². The summed E-state index contributed by atoms with van der Waals surface area (Å²) in [6.45, 7) is 0.164. The van der Waals surface area contributed by atoms with E-state index in [-0.39, 0.29) is 23.5 Å². The Hall–Kier alpha value is -4.34. The number of methoxy groups -OCH3 is 1. The molecule has 2 heterocycles. The van der Waals surface area contributed by atoms with E-state index in [4.69, 9.17) is 4.74 Å². The highest BCUT2D eigenvalue weighted by atomic mass is 16.5. The second-order valence-electron chi connectivity index (χ2n) is 7.19. The molecule has 0 aliphatic rings. The number of nitrogens with zero attached hydrogens (tertiary/aromatic N) is 5. The van der Waals surface area contributed by atoms with Gasteiger partial charge in [-0.1, -0.05) is 30.3 Å². The summed E-state index contributed by atoms with van der Waals surface area (Å²) in [5, 5.41) is 13.8. The SMILES string of the molecule is COc1cc(/C=N\Nc2nc3c(c(=O)n(Cc4ccccc4)c(=O)n3C)n2C)ccc1O. The molecule has 4 aromatic rings. The topological polar surface area (TPSA) is 116 Å². The van der Waals surface area contributed by atoms with Crippen LogP contribution in [0.3, 0.4) is 0 Å². The first kappa shape index (κ1) is 20.9. The maximum atomic E-state index is 13.1. The number of phenols is 1. The Labute approximate surface area is 182 Å². The maximum Gasteiger partial charge on any atom is 0.332 e. The van der Waals surface area contributed by atoms with Gasteiger partial charge in [0.25, 0.3) is 5.56 Å². The zero-order valence-corrected chi connectivity index (χ0v) is 17.8. The van der Waals surface area contributed by atoms with Crippen LogP contribution >= 0.6 is 0 Å². The van der Waals surface area contributed by atoms with Crippen molar-refractivity contribution in [2.75, 3.05) is 12.5 Å². The Bertz CT molecular complexity index is 1430. The van der Waals surface area contributed by atoms with Gasteiger partial charge in [0, 0.05) is 14.1 Å². The lowest BCUT2D eigenvalue weighted by atomic mass is 10.2. The van der Waals surface area contributed by atoms with Gasteiger partial charge in [-0.3, -0.25) is 13.9 Å². The molecule has 2 aromatic carbocycles. The standard InChI is InChI=1S/C22H22N6O4/c1-26-18-19(24-21(26)25-23-12-15-9-10-16(29)17(11-15)32-3)27(2)22(31)28(20(18)30)13-14-7-5-4-6-8-14/h4-12,29H,13H2,1-3H3,(H,24,25)/b23-12-. The van der Waals surface area contributed by atoms with Gasteiger partial charge in [-0.2, -0.15) is 10.1 Å². The van der Waals surface area contributed by atoms with E-state index >= 15 is 0 Å². The van der Waals surface area contributed by atoms with Gasteiger partial charge < -0.3 is 14.4 Å². The molecule has 0 amide bonds. The van der Waals surface area contributed by atoms with Crippen molar-refractivity contribution in [1.29, 1.82) is 0 Å². The average Bonchev–Trinajstić information content (AvgIpc) is 3.13. The number of nitrogens with one attached hydrogen (secondary N) is 1. The first-order chi connectivity index (χ1) is 15.4. The van der Waals surface area contributed by atoms with Crippen molar-refractivity contribution in [2.45, 2.75) is 6.54 Å². The van der Waals surface area contributed by atoms with Crippen molar-refractivity contribution in [2.24, 2.45) is 19.2 Å². The first-order valence-corrected chi connectivity index (χ1v) is 9.77. The van der Waals surface area contributed by atoms with Crippen molar-refractivity contribution < 1.29 is 9.84 Å². The van der Waals surface area contributed by atoms with Crippen molar-refractivity contribution in [3.05, 3.63) is 80.5 Å². The summed E-state index contributed by atoms with van der Waals surface area (Å²) in [5.41, 5.74) is 4.00. The molecule has 0 saturated heterocycles. The lowest BCUT2D eigenvalue weighted by Gasteiger charge is -2.08.